The maximum Gasteiger partial charge on any atom is 0.0556 e. The number of thiophene rings is 1. The van der Waals surface area contributed by atoms with Crippen molar-refractivity contribution in [3.63, 3.8) is 0 Å². The number of hydrazine groups is 1. The smallest absolute Gasteiger partial charge is 0.0556 e. The third-order valence-electron chi connectivity index (χ3n) is 1.97. The van der Waals surface area contributed by atoms with E-state index in [4.69, 9.17) is 5.84 Å². The molecular formula is C10H16N2S. The normalized spacial score (nSPS) is 12.8. The van der Waals surface area contributed by atoms with Crippen molar-refractivity contribution in [2.75, 3.05) is 0 Å². The van der Waals surface area contributed by atoms with E-state index in [9.17, 15) is 0 Å². The van der Waals surface area contributed by atoms with E-state index in [0.29, 0.717) is 0 Å². The molecule has 0 spiro atoms. The van der Waals surface area contributed by atoms with Gasteiger partial charge in [-0.05, 0) is 31.9 Å². The Bertz CT molecular complexity index is 268. The predicted molar refractivity (Wildman–Crippen MR) is 58.6 cm³/mol. The number of nitrogens with two attached hydrogens (primary N) is 1. The Balaban J connectivity index is 2.60. The van der Waals surface area contributed by atoms with E-state index >= 15 is 0 Å². The molecule has 3 heteroatoms. The minimum absolute atomic E-state index is 0.275. The molecule has 0 aliphatic carbocycles. The van der Waals surface area contributed by atoms with Crippen molar-refractivity contribution < 1.29 is 0 Å². The molecule has 1 aromatic heterocycles. The average molecular weight is 196 g/mol. The monoisotopic (exact) mass is 196 g/mol. The lowest BCUT2D eigenvalue weighted by atomic mass is 10.1. The molecule has 0 bridgehead atoms. The summed E-state index contributed by atoms with van der Waals surface area (Å²) in [5.74, 6) is 5.48. The van der Waals surface area contributed by atoms with Gasteiger partial charge in [0.15, 0.2) is 0 Å². The molecule has 72 valence electrons. The molecule has 0 aliphatic heterocycles. The van der Waals surface area contributed by atoms with Crippen molar-refractivity contribution in [1.82, 2.24) is 5.43 Å². The lowest BCUT2D eigenvalue weighted by Crippen LogP contribution is -2.27. The Morgan fingerprint density at radius 3 is 2.92 bits per heavy atom. The van der Waals surface area contributed by atoms with Crippen LogP contribution in [0, 0.1) is 6.92 Å². The van der Waals surface area contributed by atoms with Crippen LogP contribution in [-0.4, -0.2) is 0 Å². The Hall–Kier alpha value is -0.640. The minimum atomic E-state index is 0.275. The van der Waals surface area contributed by atoms with Gasteiger partial charge in [0.2, 0.25) is 0 Å². The van der Waals surface area contributed by atoms with Crippen LogP contribution in [0.25, 0.3) is 0 Å². The topological polar surface area (TPSA) is 38.0 Å². The van der Waals surface area contributed by atoms with Gasteiger partial charge in [0.25, 0.3) is 0 Å². The zero-order valence-electron chi connectivity index (χ0n) is 7.92. The van der Waals surface area contributed by atoms with Crippen molar-refractivity contribution >= 4 is 11.3 Å². The molecule has 1 rings (SSSR count). The molecule has 2 nitrogen and oxygen atoms in total. The second-order valence-electron chi connectivity index (χ2n) is 3.03. The maximum absolute atomic E-state index is 5.48. The average Bonchev–Trinajstić information content (AvgIpc) is 2.54. The summed E-state index contributed by atoms with van der Waals surface area (Å²) in [5.41, 5.74) is 2.83. The number of allylic oxidation sites excluding steroid dienone is 1. The van der Waals surface area contributed by atoms with Crippen LogP contribution in [0.1, 0.15) is 28.6 Å². The molecule has 0 amide bonds. The second kappa shape index (κ2) is 5.17. The van der Waals surface area contributed by atoms with Crippen LogP contribution < -0.4 is 11.3 Å². The Kier molecular flexibility index (Phi) is 4.15. The standard InChI is InChI=1S/C10H16N2S/c1-3-4-5-9(12-11)10-7-6-8(2)13-10/h3,6-7,9,12H,1,4-5,11H2,2H3. The highest BCUT2D eigenvalue weighted by Gasteiger charge is 2.09. The van der Waals surface area contributed by atoms with Crippen LogP contribution in [0.2, 0.25) is 0 Å². The molecule has 1 heterocycles. The predicted octanol–water partition coefficient (Wildman–Crippen LogP) is 2.53. The molecule has 0 saturated heterocycles. The summed E-state index contributed by atoms with van der Waals surface area (Å²) in [6.45, 7) is 5.81. The van der Waals surface area contributed by atoms with E-state index in [1.807, 2.05) is 6.08 Å². The van der Waals surface area contributed by atoms with E-state index in [1.165, 1.54) is 9.75 Å². The third-order valence-corrected chi connectivity index (χ3v) is 3.08. The van der Waals surface area contributed by atoms with Gasteiger partial charge < -0.3 is 0 Å². The highest BCUT2D eigenvalue weighted by Crippen LogP contribution is 2.25. The van der Waals surface area contributed by atoms with Gasteiger partial charge in [-0.1, -0.05) is 6.08 Å². The summed E-state index contributed by atoms with van der Waals surface area (Å²) in [6, 6.07) is 4.53. The van der Waals surface area contributed by atoms with Crippen molar-refractivity contribution in [2.24, 2.45) is 5.84 Å². The molecule has 13 heavy (non-hydrogen) atoms. The van der Waals surface area contributed by atoms with Crippen LogP contribution in [0.4, 0.5) is 0 Å². The zero-order valence-corrected chi connectivity index (χ0v) is 8.73. The Morgan fingerprint density at radius 2 is 2.46 bits per heavy atom. The number of nitrogens with one attached hydrogen (secondary N) is 1. The van der Waals surface area contributed by atoms with Gasteiger partial charge in [-0.25, -0.2) is 0 Å². The number of rotatable bonds is 5. The fourth-order valence-corrected chi connectivity index (χ4v) is 2.21. The van der Waals surface area contributed by atoms with Crippen molar-refractivity contribution in [3.8, 4) is 0 Å². The highest BCUT2D eigenvalue weighted by atomic mass is 32.1. The summed E-state index contributed by atoms with van der Waals surface area (Å²) < 4.78 is 0. The first kappa shape index (κ1) is 10.4. The van der Waals surface area contributed by atoms with Crippen LogP contribution in [0.15, 0.2) is 24.8 Å². The molecule has 0 saturated carbocycles. The molecule has 0 radical (unpaired) electrons. The van der Waals surface area contributed by atoms with Crippen LogP contribution in [-0.2, 0) is 0 Å². The first-order chi connectivity index (χ1) is 6.27. The van der Waals surface area contributed by atoms with Gasteiger partial charge in [-0.2, -0.15) is 0 Å². The summed E-state index contributed by atoms with van der Waals surface area (Å²) in [5, 5.41) is 0. The van der Waals surface area contributed by atoms with Gasteiger partial charge in [-0.3, -0.25) is 11.3 Å². The molecule has 3 N–H and O–H groups in total. The zero-order chi connectivity index (χ0) is 9.68. The van der Waals surface area contributed by atoms with Gasteiger partial charge in [0.1, 0.15) is 0 Å². The fourth-order valence-electron chi connectivity index (χ4n) is 1.23. The van der Waals surface area contributed by atoms with Crippen LogP contribution >= 0.6 is 11.3 Å². The summed E-state index contributed by atoms with van der Waals surface area (Å²) >= 11 is 1.79. The molecule has 1 unspecified atom stereocenters. The summed E-state index contributed by atoms with van der Waals surface area (Å²) in [4.78, 5) is 2.63. The van der Waals surface area contributed by atoms with Gasteiger partial charge >= 0.3 is 0 Å². The first-order valence-electron chi connectivity index (χ1n) is 4.41. The Morgan fingerprint density at radius 1 is 1.69 bits per heavy atom. The van der Waals surface area contributed by atoms with Crippen LogP contribution in [0.5, 0.6) is 0 Å². The number of aryl methyl sites for hydroxylation is 1. The SMILES string of the molecule is C=CCCC(NN)c1ccc(C)s1. The summed E-state index contributed by atoms with van der Waals surface area (Å²) in [6.07, 6.45) is 3.93. The molecule has 1 aromatic rings. The molecule has 0 aromatic carbocycles. The largest absolute Gasteiger partial charge is 0.271 e. The highest BCUT2D eigenvalue weighted by molar-refractivity contribution is 7.12. The van der Waals surface area contributed by atoms with Crippen molar-refractivity contribution in [2.45, 2.75) is 25.8 Å². The number of hydrogen-bond acceptors (Lipinski definition) is 3. The van der Waals surface area contributed by atoms with E-state index in [-0.39, 0.29) is 6.04 Å². The van der Waals surface area contributed by atoms with Gasteiger partial charge in [0, 0.05) is 9.75 Å². The number of hydrogen-bond donors (Lipinski definition) is 2. The van der Waals surface area contributed by atoms with E-state index < -0.39 is 0 Å². The lowest BCUT2D eigenvalue weighted by molar-refractivity contribution is 0.529. The van der Waals surface area contributed by atoms with E-state index in [1.54, 1.807) is 11.3 Å². The van der Waals surface area contributed by atoms with Crippen molar-refractivity contribution in [1.29, 1.82) is 0 Å². The molecule has 0 fully saturated rings. The second-order valence-corrected chi connectivity index (χ2v) is 4.35. The first-order valence-corrected chi connectivity index (χ1v) is 5.23. The van der Waals surface area contributed by atoms with E-state index in [2.05, 4.69) is 31.1 Å². The van der Waals surface area contributed by atoms with Gasteiger partial charge in [-0.15, -0.1) is 17.9 Å². The quantitative estimate of drug-likeness (QED) is 0.431. The van der Waals surface area contributed by atoms with Crippen LogP contribution in [0.3, 0.4) is 0 Å². The van der Waals surface area contributed by atoms with Crippen molar-refractivity contribution in [3.05, 3.63) is 34.5 Å². The van der Waals surface area contributed by atoms with Gasteiger partial charge in [0.05, 0.1) is 6.04 Å². The Labute approximate surface area is 83.4 Å². The van der Waals surface area contributed by atoms with E-state index in [0.717, 1.165) is 12.8 Å². The molecule has 0 aliphatic rings. The maximum atomic E-state index is 5.48. The molecular weight excluding hydrogens is 180 g/mol. The minimum Gasteiger partial charge on any atom is -0.271 e. The third kappa shape index (κ3) is 2.95. The lowest BCUT2D eigenvalue weighted by Gasteiger charge is -2.12. The molecule has 1 atom stereocenters. The fraction of sp³-hybridized carbons (Fsp3) is 0.400. The summed E-state index contributed by atoms with van der Waals surface area (Å²) in [7, 11) is 0.